The zero-order chi connectivity index (χ0) is 15.7. The van der Waals surface area contributed by atoms with Gasteiger partial charge in [-0.25, -0.2) is 4.98 Å². The number of aryl methyl sites for hydroxylation is 1. The molecule has 1 aromatic carbocycles. The number of amides is 1. The van der Waals surface area contributed by atoms with Crippen LogP contribution in [0.4, 0.5) is 5.69 Å². The lowest BCUT2D eigenvalue weighted by Crippen LogP contribution is -2.27. The van der Waals surface area contributed by atoms with Gasteiger partial charge < -0.3 is 10.3 Å². The van der Waals surface area contributed by atoms with Gasteiger partial charge in [-0.3, -0.25) is 14.2 Å². The van der Waals surface area contributed by atoms with E-state index in [1.54, 1.807) is 30.3 Å². The Balaban J connectivity index is 1.82. The zero-order valence-corrected chi connectivity index (χ0v) is 12.5. The quantitative estimate of drug-likeness (QED) is 0.778. The minimum Gasteiger partial charge on any atom is -0.343 e. The number of hydrogen-bond acceptors (Lipinski definition) is 3. The second kappa shape index (κ2) is 5.65. The first-order valence-corrected chi connectivity index (χ1v) is 7.01. The molecule has 2 aromatic heterocycles. The Hall–Kier alpha value is -2.60. The summed E-state index contributed by atoms with van der Waals surface area (Å²) in [5.41, 5.74) is 1.70. The van der Waals surface area contributed by atoms with Crippen molar-refractivity contribution in [3.63, 3.8) is 0 Å². The smallest absolute Gasteiger partial charge is 0.263 e. The third-order valence-electron chi connectivity index (χ3n) is 3.17. The molecule has 0 unspecified atom stereocenters. The number of nitrogens with one attached hydrogen (secondary N) is 2. The molecule has 3 aromatic rings. The van der Waals surface area contributed by atoms with Crippen LogP contribution in [0.3, 0.4) is 0 Å². The molecule has 0 bridgehead atoms. The fraction of sp³-hybridized carbons (Fsp3) is 0.133. The van der Waals surface area contributed by atoms with Gasteiger partial charge in [-0.2, -0.15) is 0 Å². The molecule has 2 heterocycles. The number of halogens is 1. The summed E-state index contributed by atoms with van der Waals surface area (Å²) in [6.07, 6.45) is 1.36. The van der Waals surface area contributed by atoms with Crippen molar-refractivity contribution in [2.24, 2.45) is 0 Å². The molecule has 22 heavy (non-hydrogen) atoms. The summed E-state index contributed by atoms with van der Waals surface area (Å²) in [5.74, 6) is -0.322. The van der Waals surface area contributed by atoms with Gasteiger partial charge in [0.25, 0.3) is 5.56 Å². The van der Waals surface area contributed by atoms with Crippen LogP contribution in [0.15, 0.2) is 41.5 Å². The third kappa shape index (κ3) is 2.87. The number of H-pyrrole nitrogens is 1. The van der Waals surface area contributed by atoms with E-state index in [2.05, 4.69) is 15.3 Å². The van der Waals surface area contributed by atoms with Crippen molar-refractivity contribution < 1.29 is 4.79 Å². The van der Waals surface area contributed by atoms with E-state index in [0.717, 1.165) is 5.69 Å². The molecule has 0 saturated heterocycles. The fourth-order valence-electron chi connectivity index (χ4n) is 2.21. The fourth-order valence-corrected chi connectivity index (χ4v) is 2.40. The summed E-state index contributed by atoms with van der Waals surface area (Å²) >= 11 is 5.86. The molecule has 0 radical (unpaired) electrons. The minimum absolute atomic E-state index is 0.113. The summed E-state index contributed by atoms with van der Waals surface area (Å²) in [7, 11) is 0. The molecule has 0 spiro atoms. The number of carbonyl (C=O) groups is 1. The van der Waals surface area contributed by atoms with Crippen molar-refractivity contribution in [1.29, 1.82) is 0 Å². The van der Waals surface area contributed by atoms with E-state index < -0.39 is 0 Å². The Bertz CT molecular complexity index is 913. The molecule has 0 aliphatic rings. The third-order valence-corrected chi connectivity index (χ3v) is 3.41. The highest BCUT2D eigenvalue weighted by molar-refractivity contribution is 6.30. The summed E-state index contributed by atoms with van der Waals surface area (Å²) in [4.78, 5) is 31.5. The molecule has 6 nitrogen and oxygen atoms in total. The number of carbonyl (C=O) groups excluding carboxylic acids is 1. The van der Waals surface area contributed by atoms with Crippen LogP contribution in [0.25, 0.3) is 11.0 Å². The Labute approximate surface area is 130 Å². The number of aromatic amines is 1. The summed E-state index contributed by atoms with van der Waals surface area (Å²) in [6, 6.07) is 8.53. The van der Waals surface area contributed by atoms with Gasteiger partial charge in [0.2, 0.25) is 5.91 Å². The van der Waals surface area contributed by atoms with Crippen molar-refractivity contribution in [3.05, 3.63) is 57.7 Å². The predicted molar refractivity (Wildman–Crippen MR) is 85.2 cm³/mol. The van der Waals surface area contributed by atoms with E-state index in [0.29, 0.717) is 21.7 Å². The van der Waals surface area contributed by atoms with Crippen LogP contribution in [0.5, 0.6) is 0 Å². The lowest BCUT2D eigenvalue weighted by molar-refractivity contribution is -0.116. The van der Waals surface area contributed by atoms with Crippen molar-refractivity contribution in [2.45, 2.75) is 13.5 Å². The highest BCUT2D eigenvalue weighted by atomic mass is 35.5. The monoisotopic (exact) mass is 316 g/mol. The van der Waals surface area contributed by atoms with Crippen molar-refractivity contribution in [3.8, 4) is 0 Å². The molecule has 0 aliphatic carbocycles. The number of rotatable bonds is 3. The molecule has 0 atom stereocenters. The van der Waals surface area contributed by atoms with Crippen LogP contribution in [0, 0.1) is 6.92 Å². The second-order valence-corrected chi connectivity index (χ2v) is 5.39. The number of nitrogens with zero attached hydrogens (tertiary/aromatic N) is 2. The maximum absolute atomic E-state index is 12.3. The largest absolute Gasteiger partial charge is 0.343 e. The Morgan fingerprint density at radius 3 is 3.00 bits per heavy atom. The second-order valence-electron chi connectivity index (χ2n) is 4.95. The molecule has 2 N–H and O–H groups in total. The van der Waals surface area contributed by atoms with Crippen LogP contribution in [-0.4, -0.2) is 20.4 Å². The highest BCUT2D eigenvalue weighted by Crippen LogP contribution is 2.14. The molecule has 112 valence electrons. The summed E-state index contributed by atoms with van der Waals surface area (Å²) in [5, 5.41) is 3.69. The van der Waals surface area contributed by atoms with Gasteiger partial charge in [0.1, 0.15) is 18.5 Å². The Kier molecular flexibility index (Phi) is 3.68. The molecule has 1 amide bonds. The highest BCUT2D eigenvalue weighted by Gasteiger charge is 2.10. The predicted octanol–water partition coefficient (Wildman–Crippen LogP) is 2.33. The molecule has 3 rings (SSSR count). The van der Waals surface area contributed by atoms with Gasteiger partial charge in [-0.05, 0) is 31.2 Å². The van der Waals surface area contributed by atoms with Crippen molar-refractivity contribution >= 4 is 34.2 Å². The Morgan fingerprint density at radius 1 is 1.41 bits per heavy atom. The first-order chi connectivity index (χ1) is 10.5. The van der Waals surface area contributed by atoms with Gasteiger partial charge in [-0.1, -0.05) is 17.7 Å². The van der Waals surface area contributed by atoms with Gasteiger partial charge in [-0.15, -0.1) is 0 Å². The van der Waals surface area contributed by atoms with E-state index in [9.17, 15) is 9.59 Å². The summed E-state index contributed by atoms with van der Waals surface area (Å²) in [6.45, 7) is 1.73. The molecule has 0 aliphatic heterocycles. The van der Waals surface area contributed by atoms with Gasteiger partial charge in [0, 0.05) is 16.4 Å². The van der Waals surface area contributed by atoms with Gasteiger partial charge >= 0.3 is 0 Å². The van der Waals surface area contributed by atoms with E-state index in [1.165, 1.54) is 10.9 Å². The normalized spacial score (nSPS) is 10.8. The Morgan fingerprint density at radius 2 is 2.23 bits per heavy atom. The van der Waals surface area contributed by atoms with E-state index in [4.69, 9.17) is 11.6 Å². The standard InChI is InChI=1S/C15H13ClN4O2/c1-9-5-12-14(18-9)17-8-20(15(12)22)7-13(21)19-11-4-2-3-10(16)6-11/h2-6,8,18H,7H2,1H3,(H,19,21). The average Bonchev–Trinajstić information content (AvgIpc) is 2.83. The van der Waals surface area contributed by atoms with E-state index in [-0.39, 0.29) is 18.0 Å². The zero-order valence-electron chi connectivity index (χ0n) is 11.8. The minimum atomic E-state index is -0.322. The average molecular weight is 317 g/mol. The molecular weight excluding hydrogens is 304 g/mol. The van der Waals surface area contributed by atoms with Gasteiger partial charge in [0.05, 0.1) is 5.39 Å². The van der Waals surface area contributed by atoms with E-state index in [1.807, 2.05) is 6.92 Å². The van der Waals surface area contributed by atoms with Crippen LogP contribution in [-0.2, 0) is 11.3 Å². The first-order valence-electron chi connectivity index (χ1n) is 6.63. The van der Waals surface area contributed by atoms with Crippen LogP contribution in [0.2, 0.25) is 5.02 Å². The molecule has 0 saturated carbocycles. The lowest BCUT2D eigenvalue weighted by atomic mass is 10.3. The summed E-state index contributed by atoms with van der Waals surface area (Å²) < 4.78 is 1.27. The maximum atomic E-state index is 12.3. The van der Waals surface area contributed by atoms with Gasteiger partial charge in [0.15, 0.2) is 0 Å². The first kappa shape index (κ1) is 14.3. The van der Waals surface area contributed by atoms with Crippen molar-refractivity contribution in [1.82, 2.24) is 14.5 Å². The number of fused-ring (bicyclic) bond motifs is 1. The number of aromatic nitrogens is 3. The molecule has 0 fully saturated rings. The maximum Gasteiger partial charge on any atom is 0.263 e. The topological polar surface area (TPSA) is 79.8 Å². The van der Waals surface area contributed by atoms with Crippen LogP contribution >= 0.6 is 11.6 Å². The number of benzene rings is 1. The molecular formula is C15H13ClN4O2. The SMILES string of the molecule is Cc1cc2c(=O)n(CC(=O)Nc3cccc(Cl)c3)cnc2[nH]1. The lowest BCUT2D eigenvalue weighted by Gasteiger charge is -2.07. The van der Waals surface area contributed by atoms with Crippen LogP contribution in [0.1, 0.15) is 5.69 Å². The molecule has 7 heteroatoms. The van der Waals surface area contributed by atoms with E-state index >= 15 is 0 Å². The van der Waals surface area contributed by atoms with Crippen molar-refractivity contribution in [2.75, 3.05) is 5.32 Å². The number of hydrogen-bond donors (Lipinski definition) is 2. The van der Waals surface area contributed by atoms with Crippen LogP contribution < -0.4 is 10.9 Å². The number of anilines is 1.